The molecule has 2 aromatic carbocycles. The van der Waals surface area contributed by atoms with Gasteiger partial charge in [0.1, 0.15) is 17.3 Å². The van der Waals surface area contributed by atoms with Gasteiger partial charge in [0.05, 0.1) is 43.6 Å². The van der Waals surface area contributed by atoms with Gasteiger partial charge >= 0.3 is 0 Å². The van der Waals surface area contributed by atoms with E-state index in [4.69, 9.17) is 14.2 Å². The Hall–Kier alpha value is -2.69. The second-order valence-corrected chi connectivity index (χ2v) is 8.12. The van der Waals surface area contributed by atoms with Crippen molar-refractivity contribution >= 4 is 21.6 Å². The number of hydrogen-bond donors (Lipinski definition) is 1. The summed E-state index contributed by atoms with van der Waals surface area (Å²) in [6, 6.07) is 7.88. The number of methoxy groups -OCH3 is 2. The molecule has 2 aromatic rings. The number of rotatable bonds is 6. The second-order valence-electron chi connectivity index (χ2n) is 6.18. The van der Waals surface area contributed by atoms with E-state index in [1.54, 1.807) is 12.1 Å². The zero-order valence-corrected chi connectivity index (χ0v) is 16.8. The number of ether oxygens (including phenoxy) is 3. The minimum atomic E-state index is -3.87. The monoisotopic (exact) mass is 424 g/mol. The number of amides is 1. The Bertz CT molecular complexity index is 1010. The largest absolute Gasteiger partial charge is 0.497 e. The molecular formula is C19H21FN2O6S. The molecule has 3 rings (SSSR count). The molecule has 156 valence electrons. The van der Waals surface area contributed by atoms with Crippen molar-refractivity contribution in [1.29, 1.82) is 0 Å². The smallest absolute Gasteiger partial charge is 0.258 e. The van der Waals surface area contributed by atoms with Gasteiger partial charge in [0.2, 0.25) is 10.0 Å². The molecule has 10 heteroatoms. The van der Waals surface area contributed by atoms with Crippen LogP contribution in [0.4, 0.5) is 10.1 Å². The molecule has 0 spiro atoms. The van der Waals surface area contributed by atoms with Gasteiger partial charge in [-0.1, -0.05) is 0 Å². The third kappa shape index (κ3) is 4.50. The number of carbonyl (C=O) groups excluding carboxylic acids is 1. The predicted molar refractivity (Wildman–Crippen MR) is 103 cm³/mol. The van der Waals surface area contributed by atoms with E-state index in [1.807, 2.05) is 0 Å². The van der Waals surface area contributed by atoms with E-state index in [1.165, 1.54) is 24.6 Å². The van der Waals surface area contributed by atoms with Crippen LogP contribution >= 0.6 is 0 Å². The normalized spacial score (nSPS) is 15.0. The van der Waals surface area contributed by atoms with Crippen molar-refractivity contribution in [2.24, 2.45) is 0 Å². The zero-order chi connectivity index (χ0) is 21.0. The first kappa shape index (κ1) is 21.0. The minimum absolute atomic E-state index is 0.163. The average Bonchev–Trinajstić information content (AvgIpc) is 2.74. The quantitative estimate of drug-likeness (QED) is 0.764. The molecule has 0 saturated carbocycles. The summed E-state index contributed by atoms with van der Waals surface area (Å²) in [7, 11) is -0.980. The van der Waals surface area contributed by atoms with Crippen LogP contribution in [0.15, 0.2) is 41.3 Å². The van der Waals surface area contributed by atoms with E-state index in [-0.39, 0.29) is 36.9 Å². The highest BCUT2D eigenvalue weighted by Crippen LogP contribution is 2.30. The molecule has 1 fully saturated rings. The maximum atomic E-state index is 14.3. The fourth-order valence-electron chi connectivity index (χ4n) is 2.88. The Labute approximate surface area is 168 Å². The van der Waals surface area contributed by atoms with Crippen LogP contribution in [0.3, 0.4) is 0 Å². The number of hydrogen-bond acceptors (Lipinski definition) is 6. The fourth-order valence-corrected chi connectivity index (χ4v) is 4.31. The Balaban J connectivity index is 1.91. The molecule has 0 aromatic heterocycles. The lowest BCUT2D eigenvalue weighted by Crippen LogP contribution is -2.40. The van der Waals surface area contributed by atoms with Crippen molar-refractivity contribution in [3.8, 4) is 11.5 Å². The van der Waals surface area contributed by atoms with E-state index < -0.39 is 27.3 Å². The van der Waals surface area contributed by atoms with Crippen LogP contribution in [-0.2, 0) is 14.8 Å². The van der Waals surface area contributed by atoms with E-state index in [0.717, 1.165) is 18.2 Å². The van der Waals surface area contributed by atoms with Crippen LogP contribution in [0.1, 0.15) is 10.4 Å². The van der Waals surface area contributed by atoms with Crippen LogP contribution < -0.4 is 14.8 Å². The molecule has 1 aliphatic heterocycles. The summed E-state index contributed by atoms with van der Waals surface area (Å²) in [4.78, 5) is 12.5. The molecule has 1 heterocycles. The number of nitrogens with zero attached hydrogens (tertiary/aromatic N) is 1. The lowest BCUT2D eigenvalue weighted by molar-refractivity contribution is 0.0730. The molecule has 0 radical (unpaired) electrons. The summed E-state index contributed by atoms with van der Waals surface area (Å²) in [6.45, 7) is 0.956. The third-order valence-electron chi connectivity index (χ3n) is 4.45. The summed E-state index contributed by atoms with van der Waals surface area (Å²) < 4.78 is 56.7. The first-order valence-electron chi connectivity index (χ1n) is 8.77. The summed E-state index contributed by atoms with van der Waals surface area (Å²) in [5.74, 6) is -0.847. The Morgan fingerprint density at radius 2 is 1.83 bits per heavy atom. The standard InChI is InChI=1S/C19H21FN2O6S/c1-26-13-3-6-18(27-2)17(11-13)21-19(23)15-12-14(4-5-16(15)20)29(24,25)22-7-9-28-10-8-22/h3-6,11-12H,7-10H2,1-2H3,(H,21,23). The molecule has 1 aliphatic rings. The van der Waals surface area contributed by atoms with Gasteiger partial charge in [0.15, 0.2) is 0 Å². The van der Waals surface area contributed by atoms with Gasteiger partial charge in [-0.05, 0) is 30.3 Å². The minimum Gasteiger partial charge on any atom is -0.497 e. The number of carbonyl (C=O) groups is 1. The van der Waals surface area contributed by atoms with Crippen molar-refractivity contribution in [1.82, 2.24) is 4.31 Å². The van der Waals surface area contributed by atoms with Gasteiger partial charge in [0.25, 0.3) is 5.91 Å². The van der Waals surface area contributed by atoms with Crippen LogP contribution in [0.5, 0.6) is 11.5 Å². The highest BCUT2D eigenvalue weighted by molar-refractivity contribution is 7.89. The second kappa shape index (κ2) is 8.76. The molecule has 0 bridgehead atoms. The number of halogens is 1. The maximum absolute atomic E-state index is 14.3. The highest BCUT2D eigenvalue weighted by Gasteiger charge is 2.28. The van der Waals surface area contributed by atoms with Crippen molar-refractivity contribution in [2.75, 3.05) is 45.8 Å². The third-order valence-corrected chi connectivity index (χ3v) is 6.34. The first-order chi connectivity index (χ1) is 13.9. The van der Waals surface area contributed by atoms with Crippen LogP contribution in [0.2, 0.25) is 0 Å². The van der Waals surface area contributed by atoms with Gasteiger partial charge in [-0.15, -0.1) is 0 Å². The molecule has 0 atom stereocenters. The first-order valence-corrected chi connectivity index (χ1v) is 10.2. The number of morpholine rings is 1. The van der Waals surface area contributed by atoms with Crippen molar-refractivity contribution in [2.45, 2.75) is 4.90 Å². The lowest BCUT2D eigenvalue weighted by atomic mass is 10.2. The molecule has 1 N–H and O–H groups in total. The Morgan fingerprint density at radius 1 is 1.10 bits per heavy atom. The van der Waals surface area contributed by atoms with E-state index in [2.05, 4.69) is 5.32 Å². The van der Waals surface area contributed by atoms with E-state index in [0.29, 0.717) is 11.5 Å². The van der Waals surface area contributed by atoms with Crippen molar-refractivity contribution in [3.05, 3.63) is 47.8 Å². The number of benzene rings is 2. The van der Waals surface area contributed by atoms with Gasteiger partial charge in [-0.2, -0.15) is 4.31 Å². The maximum Gasteiger partial charge on any atom is 0.258 e. The molecule has 0 aliphatic carbocycles. The summed E-state index contributed by atoms with van der Waals surface area (Å²) in [5, 5.41) is 2.54. The summed E-state index contributed by atoms with van der Waals surface area (Å²) in [6.07, 6.45) is 0. The predicted octanol–water partition coefficient (Wildman–Crippen LogP) is 2.12. The highest BCUT2D eigenvalue weighted by atomic mass is 32.2. The van der Waals surface area contributed by atoms with Crippen molar-refractivity contribution in [3.63, 3.8) is 0 Å². The lowest BCUT2D eigenvalue weighted by Gasteiger charge is -2.26. The van der Waals surface area contributed by atoms with Crippen LogP contribution in [0, 0.1) is 5.82 Å². The molecule has 29 heavy (non-hydrogen) atoms. The molecule has 1 saturated heterocycles. The van der Waals surface area contributed by atoms with Gasteiger partial charge in [-0.3, -0.25) is 4.79 Å². The van der Waals surface area contributed by atoms with Gasteiger partial charge < -0.3 is 19.5 Å². The Morgan fingerprint density at radius 3 is 2.48 bits per heavy atom. The number of sulfonamides is 1. The average molecular weight is 424 g/mol. The zero-order valence-electron chi connectivity index (χ0n) is 16.0. The van der Waals surface area contributed by atoms with Gasteiger partial charge in [-0.25, -0.2) is 12.8 Å². The molecule has 1 amide bonds. The molecule has 8 nitrogen and oxygen atoms in total. The topological polar surface area (TPSA) is 94.2 Å². The molecular weight excluding hydrogens is 403 g/mol. The van der Waals surface area contributed by atoms with Crippen LogP contribution in [0.25, 0.3) is 0 Å². The number of nitrogens with one attached hydrogen (secondary N) is 1. The summed E-state index contributed by atoms with van der Waals surface area (Å²) in [5.41, 5.74) is -0.137. The fraction of sp³-hybridized carbons (Fsp3) is 0.316. The van der Waals surface area contributed by atoms with Crippen LogP contribution in [-0.4, -0.2) is 59.2 Å². The van der Waals surface area contributed by atoms with E-state index >= 15 is 0 Å². The van der Waals surface area contributed by atoms with Crippen molar-refractivity contribution < 1.29 is 31.8 Å². The Kier molecular flexibility index (Phi) is 6.36. The van der Waals surface area contributed by atoms with E-state index in [9.17, 15) is 17.6 Å². The SMILES string of the molecule is COc1ccc(OC)c(NC(=O)c2cc(S(=O)(=O)N3CCOCC3)ccc2F)c1. The summed E-state index contributed by atoms with van der Waals surface area (Å²) >= 11 is 0. The van der Waals surface area contributed by atoms with Gasteiger partial charge in [0, 0.05) is 19.2 Å². The molecule has 0 unspecified atom stereocenters. The number of anilines is 1.